The topological polar surface area (TPSA) is 108 Å². The molecule has 1 saturated heterocycles. The molecule has 3 rings (SSSR count). The Bertz CT molecular complexity index is 629. The molecule has 0 radical (unpaired) electrons. The van der Waals surface area contributed by atoms with Gasteiger partial charge in [0.25, 0.3) is 0 Å². The van der Waals surface area contributed by atoms with E-state index in [2.05, 4.69) is 0 Å². The molecule has 2 aliphatic heterocycles. The van der Waals surface area contributed by atoms with Crippen molar-refractivity contribution < 1.29 is 27.7 Å². The van der Waals surface area contributed by atoms with Gasteiger partial charge >= 0.3 is 0 Å². The fourth-order valence-corrected chi connectivity index (χ4v) is 3.97. The molecule has 20 heavy (non-hydrogen) atoms. The second kappa shape index (κ2) is 4.80. The summed E-state index contributed by atoms with van der Waals surface area (Å²) in [7, 11) is -3.26. The van der Waals surface area contributed by atoms with Gasteiger partial charge in [0.1, 0.15) is 18.0 Å². The van der Waals surface area contributed by atoms with Gasteiger partial charge in [-0.2, -0.15) is 0 Å². The Labute approximate surface area is 116 Å². The highest BCUT2D eigenvalue weighted by atomic mass is 32.2. The first-order chi connectivity index (χ1) is 9.48. The average Bonchev–Trinajstić information content (AvgIpc) is 2.92. The summed E-state index contributed by atoms with van der Waals surface area (Å²) < 4.78 is 39.1. The minimum atomic E-state index is -3.26. The zero-order chi connectivity index (χ0) is 14.3. The van der Waals surface area contributed by atoms with Gasteiger partial charge in [-0.15, -0.1) is 0 Å². The van der Waals surface area contributed by atoms with Gasteiger partial charge in [0.15, 0.2) is 21.3 Å². The molecular formula is C12H15NO6S. The van der Waals surface area contributed by atoms with E-state index in [-0.39, 0.29) is 24.8 Å². The van der Waals surface area contributed by atoms with E-state index < -0.39 is 22.0 Å². The molecule has 0 saturated carbocycles. The van der Waals surface area contributed by atoms with Gasteiger partial charge in [0.2, 0.25) is 6.79 Å². The highest BCUT2D eigenvalue weighted by Gasteiger charge is 2.38. The number of fused-ring (bicyclic) bond motifs is 1. The summed E-state index contributed by atoms with van der Waals surface area (Å²) >= 11 is 0. The number of hydrogen-bond acceptors (Lipinski definition) is 7. The first-order valence-electron chi connectivity index (χ1n) is 6.16. The van der Waals surface area contributed by atoms with Crippen LogP contribution in [0.4, 0.5) is 0 Å². The van der Waals surface area contributed by atoms with E-state index in [1.54, 1.807) is 12.1 Å². The average molecular weight is 301 g/mol. The third-order valence-corrected chi connectivity index (χ3v) is 5.01. The minimum absolute atomic E-state index is 0.128. The SMILES string of the molecule is NCc1cc2c(cc1OC1CS(=O)(=O)CC1O)OCO2. The molecule has 0 amide bonds. The van der Waals surface area contributed by atoms with Crippen LogP contribution in [0.15, 0.2) is 12.1 Å². The molecule has 0 spiro atoms. The lowest BCUT2D eigenvalue weighted by Gasteiger charge is -2.18. The predicted octanol–water partition coefficient (Wildman–Crippen LogP) is -0.589. The maximum Gasteiger partial charge on any atom is 0.231 e. The van der Waals surface area contributed by atoms with Crippen molar-refractivity contribution in [3.8, 4) is 17.2 Å². The van der Waals surface area contributed by atoms with Crippen molar-refractivity contribution in [2.75, 3.05) is 18.3 Å². The summed E-state index contributed by atoms with van der Waals surface area (Å²) in [4.78, 5) is 0. The van der Waals surface area contributed by atoms with Crippen LogP contribution in [0.3, 0.4) is 0 Å². The molecular weight excluding hydrogens is 286 g/mol. The molecule has 0 aromatic heterocycles. The van der Waals surface area contributed by atoms with Crippen LogP contribution in [0.5, 0.6) is 17.2 Å². The summed E-state index contributed by atoms with van der Waals surface area (Å²) in [6.07, 6.45) is -1.82. The van der Waals surface area contributed by atoms with E-state index >= 15 is 0 Å². The van der Waals surface area contributed by atoms with Crippen LogP contribution in [0.1, 0.15) is 5.56 Å². The fraction of sp³-hybridized carbons (Fsp3) is 0.500. The molecule has 0 aliphatic carbocycles. The quantitative estimate of drug-likeness (QED) is 0.768. The second-order valence-electron chi connectivity index (χ2n) is 4.82. The number of rotatable bonds is 3. The summed E-state index contributed by atoms with van der Waals surface area (Å²) in [6.45, 7) is 0.338. The molecule has 2 heterocycles. The van der Waals surface area contributed by atoms with Crippen molar-refractivity contribution in [1.29, 1.82) is 0 Å². The summed E-state index contributed by atoms with van der Waals surface area (Å²) in [5, 5.41) is 9.75. The number of hydrogen-bond donors (Lipinski definition) is 2. The lowest BCUT2D eigenvalue weighted by atomic mass is 10.1. The maximum absolute atomic E-state index is 11.5. The number of aliphatic hydroxyl groups is 1. The molecule has 7 nitrogen and oxygen atoms in total. The largest absolute Gasteiger partial charge is 0.486 e. The monoisotopic (exact) mass is 301 g/mol. The fourth-order valence-electron chi connectivity index (χ4n) is 2.31. The number of sulfone groups is 1. The van der Waals surface area contributed by atoms with Gasteiger partial charge in [0.05, 0.1) is 11.5 Å². The van der Waals surface area contributed by atoms with Crippen molar-refractivity contribution in [3.63, 3.8) is 0 Å². The highest BCUT2D eigenvalue weighted by Crippen LogP contribution is 2.38. The van der Waals surface area contributed by atoms with Crippen molar-refractivity contribution >= 4 is 9.84 Å². The third-order valence-electron chi connectivity index (χ3n) is 3.33. The van der Waals surface area contributed by atoms with Gasteiger partial charge < -0.3 is 25.1 Å². The Morgan fingerprint density at radius 3 is 2.60 bits per heavy atom. The van der Waals surface area contributed by atoms with Crippen LogP contribution >= 0.6 is 0 Å². The Morgan fingerprint density at radius 1 is 1.30 bits per heavy atom. The first kappa shape index (κ1) is 13.5. The van der Waals surface area contributed by atoms with E-state index in [4.69, 9.17) is 19.9 Å². The van der Waals surface area contributed by atoms with Crippen LogP contribution in [0.2, 0.25) is 0 Å². The molecule has 110 valence electrons. The van der Waals surface area contributed by atoms with E-state index in [1.807, 2.05) is 0 Å². The van der Waals surface area contributed by atoms with Gasteiger partial charge in [-0.25, -0.2) is 8.42 Å². The summed E-state index contributed by atoms with van der Waals surface area (Å²) in [5.41, 5.74) is 6.32. The number of benzene rings is 1. The third kappa shape index (κ3) is 2.41. The zero-order valence-corrected chi connectivity index (χ0v) is 11.4. The van der Waals surface area contributed by atoms with Crippen molar-refractivity contribution in [2.24, 2.45) is 5.73 Å². The smallest absolute Gasteiger partial charge is 0.231 e. The number of ether oxygens (including phenoxy) is 3. The number of aliphatic hydroxyl groups excluding tert-OH is 1. The molecule has 0 bridgehead atoms. The summed E-state index contributed by atoms with van der Waals surface area (Å²) in [5.74, 6) is 1.04. The molecule has 3 N–H and O–H groups in total. The maximum atomic E-state index is 11.5. The van der Waals surface area contributed by atoms with Gasteiger partial charge in [0, 0.05) is 18.2 Å². The Morgan fingerprint density at radius 2 is 2.00 bits per heavy atom. The molecule has 1 fully saturated rings. The standard InChI is InChI=1S/C12H15NO6S/c13-3-7-1-10-11(18-6-17-10)2-9(7)19-12-5-20(15,16)4-8(12)14/h1-2,8,12,14H,3-6,13H2. The normalized spacial score (nSPS) is 26.7. The Hall–Kier alpha value is -1.51. The second-order valence-corrected chi connectivity index (χ2v) is 6.97. The lowest BCUT2D eigenvalue weighted by Crippen LogP contribution is -2.30. The highest BCUT2D eigenvalue weighted by molar-refractivity contribution is 7.91. The molecule has 2 atom stereocenters. The molecule has 2 unspecified atom stereocenters. The molecule has 2 aliphatic rings. The van der Waals surface area contributed by atoms with Crippen molar-refractivity contribution in [2.45, 2.75) is 18.8 Å². The summed E-state index contributed by atoms with van der Waals surface area (Å²) in [6, 6.07) is 3.32. The van der Waals surface area contributed by atoms with Crippen LogP contribution in [-0.2, 0) is 16.4 Å². The van der Waals surface area contributed by atoms with Crippen LogP contribution in [-0.4, -0.2) is 44.0 Å². The molecule has 1 aromatic rings. The van der Waals surface area contributed by atoms with Gasteiger partial charge in [-0.3, -0.25) is 0 Å². The lowest BCUT2D eigenvalue weighted by molar-refractivity contribution is 0.0730. The zero-order valence-electron chi connectivity index (χ0n) is 10.6. The van der Waals surface area contributed by atoms with E-state index in [1.165, 1.54) is 0 Å². The number of nitrogens with two attached hydrogens (primary N) is 1. The van der Waals surface area contributed by atoms with Crippen LogP contribution < -0.4 is 19.9 Å². The van der Waals surface area contributed by atoms with E-state index in [0.29, 0.717) is 22.8 Å². The Balaban J connectivity index is 1.87. The van der Waals surface area contributed by atoms with Crippen LogP contribution in [0.25, 0.3) is 0 Å². The first-order valence-corrected chi connectivity index (χ1v) is 7.98. The van der Waals surface area contributed by atoms with Gasteiger partial charge in [-0.1, -0.05) is 0 Å². The van der Waals surface area contributed by atoms with Crippen molar-refractivity contribution in [3.05, 3.63) is 17.7 Å². The van der Waals surface area contributed by atoms with E-state index in [9.17, 15) is 13.5 Å². The minimum Gasteiger partial charge on any atom is -0.486 e. The molecule has 8 heteroatoms. The van der Waals surface area contributed by atoms with Gasteiger partial charge in [-0.05, 0) is 6.07 Å². The van der Waals surface area contributed by atoms with Crippen molar-refractivity contribution in [1.82, 2.24) is 0 Å². The molecule has 1 aromatic carbocycles. The van der Waals surface area contributed by atoms with E-state index in [0.717, 1.165) is 0 Å². The Kier molecular flexibility index (Phi) is 3.23. The van der Waals surface area contributed by atoms with Crippen LogP contribution in [0, 0.1) is 0 Å². The predicted molar refractivity (Wildman–Crippen MR) is 69.5 cm³/mol.